The Morgan fingerprint density at radius 1 is 1.32 bits per heavy atom. The Morgan fingerprint density at radius 3 is 2.82 bits per heavy atom. The van der Waals surface area contributed by atoms with Gasteiger partial charge in [-0.25, -0.2) is 9.79 Å². The van der Waals surface area contributed by atoms with Crippen LogP contribution in [-0.4, -0.2) is 21.8 Å². The van der Waals surface area contributed by atoms with Gasteiger partial charge in [-0.1, -0.05) is 11.6 Å². The SMILES string of the molecule is O=C1OC(c2cc(Cl)ccn2)=N/C1=C\c1ccc([N+](=O)[O-])o1. The Labute approximate surface area is 127 Å². The van der Waals surface area contributed by atoms with E-state index in [-0.39, 0.29) is 17.4 Å². The summed E-state index contributed by atoms with van der Waals surface area (Å²) in [6.07, 6.45) is 2.69. The van der Waals surface area contributed by atoms with Gasteiger partial charge in [-0.2, -0.15) is 0 Å². The molecule has 0 aromatic carbocycles. The third-order valence-corrected chi connectivity index (χ3v) is 2.87. The van der Waals surface area contributed by atoms with Gasteiger partial charge in [0, 0.05) is 17.3 Å². The number of cyclic esters (lactones) is 1. The van der Waals surface area contributed by atoms with Gasteiger partial charge < -0.3 is 9.15 Å². The molecule has 0 aliphatic carbocycles. The first-order valence-electron chi connectivity index (χ1n) is 5.91. The molecular weight excluding hydrogens is 314 g/mol. The number of aliphatic imine (C=N–C) groups is 1. The fraction of sp³-hybridized carbons (Fsp3) is 0. The highest BCUT2D eigenvalue weighted by Crippen LogP contribution is 2.22. The van der Waals surface area contributed by atoms with Crippen molar-refractivity contribution >= 4 is 35.4 Å². The van der Waals surface area contributed by atoms with Gasteiger partial charge in [-0.05, 0) is 18.2 Å². The Bertz CT molecular complexity index is 840. The highest BCUT2D eigenvalue weighted by atomic mass is 35.5. The lowest BCUT2D eigenvalue weighted by atomic mass is 10.3. The fourth-order valence-corrected chi connectivity index (χ4v) is 1.85. The molecule has 0 saturated heterocycles. The van der Waals surface area contributed by atoms with Crippen LogP contribution in [0.25, 0.3) is 6.08 Å². The summed E-state index contributed by atoms with van der Waals surface area (Å²) in [5.74, 6) is -1.03. The molecule has 3 heterocycles. The van der Waals surface area contributed by atoms with Gasteiger partial charge in [0.2, 0.25) is 5.90 Å². The molecule has 0 amide bonds. The van der Waals surface area contributed by atoms with E-state index in [2.05, 4.69) is 9.98 Å². The number of nitrogens with zero attached hydrogens (tertiary/aromatic N) is 3. The van der Waals surface area contributed by atoms with Crippen molar-refractivity contribution in [3.63, 3.8) is 0 Å². The summed E-state index contributed by atoms with van der Waals surface area (Å²) in [5, 5.41) is 11.0. The molecule has 22 heavy (non-hydrogen) atoms. The minimum Gasteiger partial charge on any atom is -0.401 e. The van der Waals surface area contributed by atoms with E-state index in [4.69, 9.17) is 20.8 Å². The number of halogens is 1. The molecule has 0 radical (unpaired) electrons. The van der Waals surface area contributed by atoms with E-state index in [0.717, 1.165) is 0 Å². The van der Waals surface area contributed by atoms with Crippen molar-refractivity contribution in [2.24, 2.45) is 4.99 Å². The van der Waals surface area contributed by atoms with Crippen molar-refractivity contribution in [1.29, 1.82) is 0 Å². The largest absolute Gasteiger partial charge is 0.433 e. The molecule has 1 aliphatic rings. The predicted octanol–water partition coefficient (Wildman–Crippen LogP) is 2.58. The normalized spacial score (nSPS) is 15.8. The molecule has 2 aromatic rings. The zero-order valence-electron chi connectivity index (χ0n) is 10.7. The van der Waals surface area contributed by atoms with E-state index in [1.165, 1.54) is 30.5 Å². The Morgan fingerprint density at radius 2 is 2.14 bits per heavy atom. The van der Waals surface area contributed by atoms with Crippen LogP contribution in [0.15, 0.2) is 45.6 Å². The molecule has 0 fully saturated rings. The summed E-state index contributed by atoms with van der Waals surface area (Å²) < 4.78 is 9.91. The molecule has 9 heteroatoms. The number of ether oxygens (including phenoxy) is 1. The number of carbonyl (C=O) groups excluding carboxylic acids is 1. The van der Waals surface area contributed by atoms with Crippen molar-refractivity contribution < 1.29 is 18.9 Å². The molecule has 0 unspecified atom stereocenters. The molecule has 0 N–H and O–H groups in total. The Kier molecular flexibility index (Phi) is 3.43. The number of hydrogen-bond acceptors (Lipinski definition) is 7. The Balaban J connectivity index is 1.92. The highest BCUT2D eigenvalue weighted by molar-refractivity contribution is 6.31. The van der Waals surface area contributed by atoms with Crippen LogP contribution >= 0.6 is 11.6 Å². The molecule has 3 rings (SSSR count). The lowest BCUT2D eigenvalue weighted by Gasteiger charge is -1.97. The fourth-order valence-electron chi connectivity index (χ4n) is 1.69. The lowest BCUT2D eigenvalue weighted by Crippen LogP contribution is -2.06. The van der Waals surface area contributed by atoms with Crippen LogP contribution < -0.4 is 0 Å². The molecule has 0 bridgehead atoms. The zero-order chi connectivity index (χ0) is 15.7. The average molecular weight is 320 g/mol. The first-order chi connectivity index (χ1) is 10.5. The molecule has 1 aliphatic heterocycles. The number of esters is 1. The van der Waals surface area contributed by atoms with E-state index in [0.29, 0.717) is 10.7 Å². The van der Waals surface area contributed by atoms with Gasteiger partial charge in [-0.3, -0.25) is 15.1 Å². The topological polar surface area (TPSA) is 108 Å². The number of nitro groups is 1. The molecule has 0 saturated carbocycles. The van der Waals surface area contributed by atoms with E-state index < -0.39 is 16.8 Å². The van der Waals surface area contributed by atoms with E-state index in [1.807, 2.05) is 0 Å². The summed E-state index contributed by atoms with van der Waals surface area (Å²) in [7, 11) is 0. The van der Waals surface area contributed by atoms with Crippen LogP contribution in [0.2, 0.25) is 5.02 Å². The minimum absolute atomic E-state index is 0.000180. The summed E-state index contributed by atoms with van der Waals surface area (Å²) in [5.41, 5.74) is 0.246. The molecule has 0 atom stereocenters. The quantitative estimate of drug-likeness (QED) is 0.372. The van der Waals surface area contributed by atoms with Crippen LogP contribution in [0, 0.1) is 10.1 Å². The maximum atomic E-state index is 11.7. The average Bonchev–Trinajstić information content (AvgIpc) is 3.07. The summed E-state index contributed by atoms with van der Waals surface area (Å²) >= 11 is 5.83. The van der Waals surface area contributed by atoms with Gasteiger partial charge in [-0.15, -0.1) is 0 Å². The molecule has 0 spiro atoms. The van der Waals surface area contributed by atoms with E-state index in [9.17, 15) is 14.9 Å². The van der Waals surface area contributed by atoms with Gasteiger partial charge >= 0.3 is 11.9 Å². The number of carbonyl (C=O) groups is 1. The number of hydrogen-bond donors (Lipinski definition) is 0. The van der Waals surface area contributed by atoms with Gasteiger partial charge in [0.1, 0.15) is 16.4 Å². The highest BCUT2D eigenvalue weighted by Gasteiger charge is 2.26. The van der Waals surface area contributed by atoms with Crippen LogP contribution in [-0.2, 0) is 9.53 Å². The first kappa shape index (κ1) is 14.0. The van der Waals surface area contributed by atoms with Crippen molar-refractivity contribution in [1.82, 2.24) is 4.98 Å². The first-order valence-corrected chi connectivity index (χ1v) is 6.29. The predicted molar refractivity (Wildman–Crippen MR) is 75.2 cm³/mol. The molecule has 110 valence electrons. The van der Waals surface area contributed by atoms with Crippen molar-refractivity contribution in [2.45, 2.75) is 0 Å². The molecule has 2 aromatic heterocycles. The summed E-state index contributed by atoms with van der Waals surface area (Å²) in [6, 6.07) is 5.59. The standard InChI is InChI=1S/C13H6ClN3O5/c14-7-3-4-15-9(5-7)12-16-10(13(18)22-12)6-8-1-2-11(21-8)17(19)20/h1-6H/b10-6-. The maximum absolute atomic E-state index is 11.7. The van der Waals surface area contributed by atoms with Crippen LogP contribution in [0.1, 0.15) is 11.5 Å². The van der Waals surface area contributed by atoms with Gasteiger partial charge in [0.05, 0.1) is 6.07 Å². The Hall–Kier alpha value is -3.00. The minimum atomic E-state index is -0.712. The zero-order valence-corrected chi connectivity index (χ0v) is 11.5. The smallest absolute Gasteiger partial charge is 0.401 e. The van der Waals surface area contributed by atoms with E-state index in [1.54, 1.807) is 6.07 Å². The van der Waals surface area contributed by atoms with Crippen LogP contribution in [0.4, 0.5) is 5.88 Å². The monoisotopic (exact) mass is 319 g/mol. The van der Waals surface area contributed by atoms with Crippen molar-refractivity contribution in [3.05, 3.63) is 62.8 Å². The molecular formula is C13H6ClN3O5. The summed E-state index contributed by atoms with van der Waals surface area (Å²) in [6.45, 7) is 0. The third-order valence-electron chi connectivity index (χ3n) is 2.63. The van der Waals surface area contributed by atoms with E-state index >= 15 is 0 Å². The van der Waals surface area contributed by atoms with Crippen LogP contribution in [0.3, 0.4) is 0 Å². The lowest BCUT2D eigenvalue weighted by molar-refractivity contribution is -0.402. The molecule has 8 nitrogen and oxygen atoms in total. The third kappa shape index (κ3) is 2.72. The second kappa shape index (κ2) is 5.41. The number of rotatable bonds is 3. The second-order valence-electron chi connectivity index (χ2n) is 4.13. The number of aromatic nitrogens is 1. The number of furan rings is 1. The second-order valence-corrected chi connectivity index (χ2v) is 4.56. The van der Waals surface area contributed by atoms with Gasteiger partial charge in [0.25, 0.3) is 0 Å². The van der Waals surface area contributed by atoms with Crippen molar-refractivity contribution in [2.75, 3.05) is 0 Å². The van der Waals surface area contributed by atoms with Gasteiger partial charge in [0.15, 0.2) is 5.70 Å². The van der Waals surface area contributed by atoms with Crippen LogP contribution in [0.5, 0.6) is 0 Å². The van der Waals surface area contributed by atoms with Crippen molar-refractivity contribution in [3.8, 4) is 0 Å². The maximum Gasteiger partial charge on any atom is 0.433 e. The number of pyridine rings is 1. The summed E-state index contributed by atoms with van der Waals surface area (Å²) in [4.78, 5) is 29.6.